The van der Waals surface area contributed by atoms with Gasteiger partial charge < -0.3 is 10.3 Å². The highest BCUT2D eigenvalue weighted by Crippen LogP contribution is 2.28. The lowest BCUT2D eigenvalue weighted by Gasteiger charge is -2.06. The lowest BCUT2D eigenvalue weighted by molar-refractivity contribution is 0.0958. The third kappa shape index (κ3) is 3.23. The maximum Gasteiger partial charge on any atom is 0.261 e. The van der Waals surface area contributed by atoms with Gasteiger partial charge in [0.2, 0.25) is 0 Å². The topological polar surface area (TPSA) is 44.9 Å². The van der Waals surface area contributed by atoms with Crippen molar-refractivity contribution < 1.29 is 9.18 Å². The number of fused-ring (bicyclic) bond motifs is 2. The maximum absolute atomic E-state index is 14.1. The average Bonchev–Trinajstić information content (AvgIpc) is 3.20. The summed E-state index contributed by atoms with van der Waals surface area (Å²) in [6.45, 7) is 6.49. The van der Waals surface area contributed by atoms with E-state index in [-0.39, 0.29) is 11.7 Å². The van der Waals surface area contributed by atoms with Crippen LogP contribution in [0.5, 0.6) is 0 Å². The van der Waals surface area contributed by atoms with Gasteiger partial charge in [0.25, 0.3) is 5.91 Å². The number of nitrogens with one attached hydrogen (secondary N) is 2. The van der Waals surface area contributed by atoms with Gasteiger partial charge in [0, 0.05) is 22.3 Å². The lowest BCUT2D eigenvalue weighted by Crippen LogP contribution is -2.25. The molecule has 4 aromatic rings. The summed E-state index contributed by atoms with van der Waals surface area (Å²) in [6, 6.07) is 11.4. The third-order valence-corrected chi connectivity index (χ3v) is 6.09. The molecule has 0 aliphatic rings. The second kappa shape index (κ2) is 6.82. The van der Waals surface area contributed by atoms with Crippen molar-refractivity contribution in [1.29, 1.82) is 0 Å². The molecule has 2 heterocycles. The number of rotatable bonds is 4. The second-order valence-electron chi connectivity index (χ2n) is 7.00. The quantitative estimate of drug-likeness (QED) is 0.488. The number of aromatic nitrogens is 1. The van der Waals surface area contributed by atoms with E-state index in [9.17, 15) is 9.18 Å². The van der Waals surface area contributed by atoms with Gasteiger partial charge in [-0.05, 0) is 67.5 Å². The van der Waals surface area contributed by atoms with Crippen molar-refractivity contribution in [3.8, 4) is 0 Å². The minimum Gasteiger partial charge on any atom is -0.356 e. The third-order valence-electron chi connectivity index (χ3n) is 4.99. The molecule has 0 spiro atoms. The van der Waals surface area contributed by atoms with Gasteiger partial charge in [-0.2, -0.15) is 0 Å². The molecule has 1 amide bonds. The molecule has 2 aromatic heterocycles. The molecular formula is C22H21FN2OS. The van der Waals surface area contributed by atoms with E-state index in [1.54, 1.807) is 6.07 Å². The number of H-pyrrole nitrogens is 1. The highest BCUT2D eigenvalue weighted by molar-refractivity contribution is 7.20. The number of thiophene rings is 1. The van der Waals surface area contributed by atoms with Crippen LogP contribution in [0.3, 0.4) is 0 Å². The minimum atomic E-state index is -0.241. The van der Waals surface area contributed by atoms with Crippen LogP contribution in [0.2, 0.25) is 0 Å². The number of carbonyl (C=O) groups excluding carboxylic acids is 1. The standard InChI is InChI=1S/C22H21FN2OS/c1-12-4-6-15-11-19(27-18(15)10-12)22(26)24-9-8-16-14(3)25-21-17(23)7-5-13(2)20(16)21/h4-7,10-11,25H,8-9H2,1-3H3,(H,24,26). The van der Waals surface area contributed by atoms with Gasteiger partial charge in [-0.3, -0.25) is 4.79 Å². The summed E-state index contributed by atoms with van der Waals surface area (Å²) in [5.41, 5.74) is 4.79. The zero-order valence-corrected chi connectivity index (χ0v) is 16.4. The molecule has 0 saturated carbocycles. The zero-order chi connectivity index (χ0) is 19.1. The van der Waals surface area contributed by atoms with E-state index < -0.39 is 0 Å². The molecule has 0 radical (unpaired) electrons. The molecule has 0 bridgehead atoms. The fraction of sp³-hybridized carbons (Fsp3) is 0.227. The number of halogens is 1. The number of hydrogen-bond donors (Lipinski definition) is 2. The SMILES string of the molecule is Cc1ccc2cc(C(=O)NCCc3c(C)[nH]c4c(F)ccc(C)c34)sc2c1. The molecule has 138 valence electrons. The number of hydrogen-bond acceptors (Lipinski definition) is 2. The minimum absolute atomic E-state index is 0.0609. The van der Waals surface area contributed by atoms with Gasteiger partial charge in [-0.1, -0.05) is 18.2 Å². The van der Waals surface area contributed by atoms with Gasteiger partial charge in [0.15, 0.2) is 0 Å². The zero-order valence-electron chi connectivity index (χ0n) is 15.6. The molecule has 0 atom stereocenters. The summed E-state index contributed by atoms with van der Waals surface area (Å²) >= 11 is 1.51. The number of benzene rings is 2. The Hall–Kier alpha value is -2.66. The summed E-state index contributed by atoms with van der Waals surface area (Å²) in [5.74, 6) is -0.302. The van der Waals surface area contributed by atoms with Crippen molar-refractivity contribution in [3.05, 3.63) is 69.5 Å². The van der Waals surface area contributed by atoms with Crippen LogP contribution in [0.15, 0.2) is 36.4 Å². The summed E-state index contributed by atoms with van der Waals surface area (Å²) in [6.07, 6.45) is 0.659. The van der Waals surface area contributed by atoms with Gasteiger partial charge in [0.05, 0.1) is 10.4 Å². The molecule has 4 rings (SSSR count). The van der Waals surface area contributed by atoms with Crippen LogP contribution in [0.1, 0.15) is 32.1 Å². The Morgan fingerprint density at radius 2 is 1.96 bits per heavy atom. The lowest BCUT2D eigenvalue weighted by atomic mass is 10.0. The average molecular weight is 380 g/mol. The first-order chi connectivity index (χ1) is 12.9. The van der Waals surface area contributed by atoms with Crippen molar-refractivity contribution in [2.24, 2.45) is 0 Å². The fourth-order valence-electron chi connectivity index (χ4n) is 3.59. The molecule has 0 aliphatic carbocycles. The molecule has 0 aliphatic heterocycles. The first-order valence-corrected chi connectivity index (χ1v) is 9.80. The molecule has 0 saturated heterocycles. The van der Waals surface area contributed by atoms with Crippen molar-refractivity contribution in [3.63, 3.8) is 0 Å². The van der Waals surface area contributed by atoms with Crippen LogP contribution in [-0.4, -0.2) is 17.4 Å². The first kappa shape index (κ1) is 17.7. The Balaban J connectivity index is 1.51. The molecular weight excluding hydrogens is 359 g/mol. The van der Waals surface area contributed by atoms with Crippen LogP contribution in [0, 0.1) is 26.6 Å². The first-order valence-electron chi connectivity index (χ1n) is 8.98. The molecule has 3 nitrogen and oxygen atoms in total. The van der Waals surface area contributed by atoms with Gasteiger partial charge >= 0.3 is 0 Å². The van der Waals surface area contributed by atoms with Crippen molar-refractivity contribution in [2.45, 2.75) is 27.2 Å². The Labute approximate surface area is 161 Å². The van der Waals surface area contributed by atoms with Crippen molar-refractivity contribution in [1.82, 2.24) is 10.3 Å². The predicted molar refractivity (Wildman–Crippen MR) is 110 cm³/mol. The number of aryl methyl sites for hydroxylation is 3. The van der Waals surface area contributed by atoms with Gasteiger partial charge in [-0.15, -0.1) is 11.3 Å². The molecule has 27 heavy (non-hydrogen) atoms. The number of aromatic amines is 1. The normalized spacial score (nSPS) is 11.4. The maximum atomic E-state index is 14.1. The van der Waals surface area contributed by atoms with E-state index in [1.165, 1.54) is 23.0 Å². The van der Waals surface area contributed by atoms with Gasteiger partial charge in [0.1, 0.15) is 5.82 Å². The Morgan fingerprint density at radius 1 is 1.15 bits per heavy atom. The molecule has 2 N–H and O–H groups in total. The monoisotopic (exact) mass is 380 g/mol. The molecule has 5 heteroatoms. The van der Waals surface area contributed by atoms with Crippen LogP contribution >= 0.6 is 11.3 Å². The summed E-state index contributed by atoms with van der Waals surface area (Å²) in [5, 5.41) is 5.02. The highest BCUT2D eigenvalue weighted by atomic mass is 32.1. The van der Waals surface area contributed by atoms with E-state index in [1.807, 2.05) is 32.9 Å². The molecule has 0 fully saturated rings. The largest absolute Gasteiger partial charge is 0.356 e. The smallest absolute Gasteiger partial charge is 0.261 e. The van der Waals surface area contributed by atoms with Crippen molar-refractivity contribution >= 4 is 38.2 Å². The molecule has 0 unspecified atom stereocenters. The second-order valence-corrected chi connectivity index (χ2v) is 8.08. The number of amides is 1. The van der Waals surface area contributed by atoms with Crippen LogP contribution in [-0.2, 0) is 6.42 Å². The summed E-state index contributed by atoms with van der Waals surface area (Å²) < 4.78 is 15.2. The van der Waals surface area contributed by atoms with Crippen molar-refractivity contribution in [2.75, 3.05) is 6.54 Å². The Morgan fingerprint density at radius 3 is 2.78 bits per heavy atom. The van der Waals surface area contributed by atoms with Crippen LogP contribution in [0.4, 0.5) is 4.39 Å². The van der Waals surface area contributed by atoms with E-state index in [2.05, 4.69) is 22.4 Å². The Kier molecular flexibility index (Phi) is 4.48. The summed E-state index contributed by atoms with van der Waals surface area (Å²) in [4.78, 5) is 16.4. The van der Waals surface area contributed by atoms with Crippen LogP contribution in [0.25, 0.3) is 21.0 Å². The Bertz CT molecular complexity index is 1170. The fourth-order valence-corrected chi connectivity index (χ4v) is 4.67. The number of carbonyl (C=O) groups is 1. The van der Waals surface area contributed by atoms with Gasteiger partial charge in [-0.25, -0.2) is 4.39 Å². The van der Waals surface area contributed by atoms with E-state index in [0.717, 1.165) is 32.3 Å². The van der Waals surface area contributed by atoms with E-state index in [0.29, 0.717) is 23.4 Å². The summed E-state index contributed by atoms with van der Waals surface area (Å²) in [7, 11) is 0. The van der Waals surface area contributed by atoms with E-state index in [4.69, 9.17) is 0 Å². The molecule has 2 aromatic carbocycles. The van der Waals surface area contributed by atoms with E-state index >= 15 is 0 Å². The predicted octanol–water partition coefficient (Wildman–Crippen LogP) is 5.42. The highest BCUT2D eigenvalue weighted by Gasteiger charge is 2.15. The van der Waals surface area contributed by atoms with Crippen LogP contribution < -0.4 is 5.32 Å².